The molecule has 2 heterocycles. The van der Waals surface area contributed by atoms with E-state index in [0.29, 0.717) is 39.3 Å². The van der Waals surface area contributed by atoms with Crippen LogP contribution < -0.4 is 0 Å². The van der Waals surface area contributed by atoms with E-state index in [1.165, 1.54) is 0 Å². The topological polar surface area (TPSA) is 36.9 Å². The Balaban J connectivity index is 1.74. The Labute approximate surface area is 141 Å². The van der Waals surface area contributed by atoms with Crippen molar-refractivity contribution in [1.29, 1.82) is 0 Å². The standard InChI is InChI=1S/C20H20O4/c1-3-7-17-15(5-1)13-19(21-9-10-22-19)18-8-4-2-6-16(18)14-20(17)23-11-12-24-20/h1-8H,9-14H2. The van der Waals surface area contributed by atoms with Crippen LogP contribution in [0.5, 0.6) is 0 Å². The first kappa shape index (κ1) is 14.6. The number of rotatable bonds is 0. The van der Waals surface area contributed by atoms with Gasteiger partial charge in [0.15, 0.2) is 11.6 Å². The molecule has 0 saturated carbocycles. The van der Waals surface area contributed by atoms with Crippen molar-refractivity contribution in [3.05, 3.63) is 70.8 Å². The fraction of sp³-hybridized carbons (Fsp3) is 0.400. The minimum absolute atomic E-state index is 0.620. The maximum Gasteiger partial charge on any atom is 0.199 e. The fourth-order valence-corrected chi connectivity index (χ4v) is 4.21. The number of ether oxygens (including phenoxy) is 4. The molecule has 4 heteroatoms. The fourth-order valence-electron chi connectivity index (χ4n) is 4.21. The molecular weight excluding hydrogens is 304 g/mol. The number of benzene rings is 2. The van der Waals surface area contributed by atoms with Crippen molar-refractivity contribution in [3.63, 3.8) is 0 Å². The average Bonchev–Trinajstić information content (AvgIpc) is 3.26. The summed E-state index contributed by atoms with van der Waals surface area (Å²) in [5, 5.41) is 0. The van der Waals surface area contributed by atoms with Gasteiger partial charge >= 0.3 is 0 Å². The van der Waals surface area contributed by atoms with Crippen LogP contribution in [0.3, 0.4) is 0 Å². The van der Waals surface area contributed by atoms with Gasteiger partial charge in [0.2, 0.25) is 0 Å². The normalized spacial score (nSPS) is 23.7. The molecule has 124 valence electrons. The van der Waals surface area contributed by atoms with Crippen molar-refractivity contribution in [2.75, 3.05) is 26.4 Å². The second-order valence-corrected chi connectivity index (χ2v) is 6.57. The number of fused-ring (bicyclic) bond motifs is 4. The first-order chi connectivity index (χ1) is 11.8. The van der Waals surface area contributed by atoms with Gasteiger partial charge in [-0.3, -0.25) is 0 Å². The van der Waals surface area contributed by atoms with E-state index < -0.39 is 11.6 Å². The van der Waals surface area contributed by atoms with Crippen LogP contribution in [0.1, 0.15) is 22.3 Å². The molecule has 2 aromatic carbocycles. The van der Waals surface area contributed by atoms with Gasteiger partial charge in [-0.1, -0.05) is 48.5 Å². The summed E-state index contributed by atoms with van der Waals surface area (Å²) in [5.74, 6) is -1.40. The molecule has 0 atom stereocenters. The highest BCUT2D eigenvalue weighted by Gasteiger charge is 2.48. The second kappa shape index (κ2) is 5.39. The molecular formula is C20H20O4. The van der Waals surface area contributed by atoms with E-state index >= 15 is 0 Å². The lowest BCUT2D eigenvalue weighted by Gasteiger charge is -2.38. The van der Waals surface area contributed by atoms with Gasteiger partial charge in [-0.2, -0.15) is 0 Å². The highest BCUT2D eigenvalue weighted by Crippen LogP contribution is 2.46. The molecule has 2 aromatic rings. The van der Waals surface area contributed by atoms with E-state index in [1.54, 1.807) is 0 Å². The highest BCUT2D eigenvalue weighted by atomic mass is 16.7. The molecule has 0 amide bonds. The summed E-state index contributed by atoms with van der Waals surface area (Å²) in [4.78, 5) is 0. The smallest absolute Gasteiger partial charge is 0.199 e. The van der Waals surface area contributed by atoms with Crippen molar-refractivity contribution in [2.45, 2.75) is 24.4 Å². The third-order valence-corrected chi connectivity index (χ3v) is 5.21. The van der Waals surface area contributed by atoms with Gasteiger partial charge in [-0.25, -0.2) is 0 Å². The summed E-state index contributed by atoms with van der Waals surface area (Å²) < 4.78 is 24.6. The van der Waals surface area contributed by atoms with Crippen LogP contribution in [0.4, 0.5) is 0 Å². The van der Waals surface area contributed by atoms with E-state index in [2.05, 4.69) is 36.4 Å². The van der Waals surface area contributed by atoms with Gasteiger partial charge in [0, 0.05) is 24.0 Å². The molecule has 4 nitrogen and oxygen atoms in total. The second-order valence-electron chi connectivity index (χ2n) is 6.57. The minimum atomic E-state index is -0.701. The van der Waals surface area contributed by atoms with Crippen molar-refractivity contribution in [3.8, 4) is 0 Å². The zero-order chi connectivity index (χ0) is 16.0. The predicted octanol–water partition coefficient (Wildman–Crippen LogP) is 2.88. The molecule has 0 aromatic heterocycles. The molecule has 24 heavy (non-hydrogen) atoms. The van der Waals surface area contributed by atoms with Gasteiger partial charge < -0.3 is 18.9 Å². The van der Waals surface area contributed by atoms with Crippen LogP contribution in [0.2, 0.25) is 0 Å². The zero-order valence-corrected chi connectivity index (χ0v) is 13.5. The first-order valence-corrected chi connectivity index (χ1v) is 8.54. The van der Waals surface area contributed by atoms with Crippen molar-refractivity contribution in [2.24, 2.45) is 0 Å². The Morgan fingerprint density at radius 2 is 0.917 bits per heavy atom. The molecule has 0 radical (unpaired) electrons. The van der Waals surface area contributed by atoms with E-state index in [-0.39, 0.29) is 0 Å². The quantitative estimate of drug-likeness (QED) is 0.747. The molecule has 2 fully saturated rings. The van der Waals surface area contributed by atoms with Crippen LogP contribution in [-0.4, -0.2) is 26.4 Å². The van der Waals surface area contributed by atoms with Crippen molar-refractivity contribution in [1.82, 2.24) is 0 Å². The molecule has 0 unspecified atom stereocenters. The van der Waals surface area contributed by atoms with E-state index in [4.69, 9.17) is 18.9 Å². The number of hydrogen-bond donors (Lipinski definition) is 0. The molecule has 5 rings (SSSR count). The lowest BCUT2D eigenvalue weighted by Crippen LogP contribution is -2.39. The van der Waals surface area contributed by atoms with Gasteiger partial charge in [-0.15, -0.1) is 0 Å². The minimum Gasteiger partial charge on any atom is -0.343 e. The molecule has 2 saturated heterocycles. The highest BCUT2D eigenvalue weighted by molar-refractivity contribution is 5.42. The Bertz CT molecular complexity index is 692. The summed E-state index contributed by atoms with van der Waals surface area (Å²) in [6, 6.07) is 16.7. The Hall–Kier alpha value is -1.72. The monoisotopic (exact) mass is 324 g/mol. The summed E-state index contributed by atoms with van der Waals surface area (Å²) in [5.41, 5.74) is 4.51. The Morgan fingerprint density at radius 3 is 1.33 bits per heavy atom. The lowest BCUT2D eigenvalue weighted by molar-refractivity contribution is -0.182. The van der Waals surface area contributed by atoms with Crippen LogP contribution in [0.15, 0.2) is 48.5 Å². The van der Waals surface area contributed by atoms with Gasteiger partial charge in [0.1, 0.15) is 0 Å². The van der Waals surface area contributed by atoms with Gasteiger partial charge in [0.25, 0.3) is 0 Å². The predicted molar refractivity (Wildman–Crippen MR) is 87.5 cm³/mol. The molecule has 0 bridgehead atoms. The summed E-state index contributed by atoms with van der Waals surface area (Å²) in [6.45, 7) is 2.48. The summed E-state index contributed by atoms with van der Waals surface area (Å²) >= 11 is 0. The van der Waals surface area contributed by atoms with Crippen LogP contribution in [0, 0.1) is 0 Å². The Kier molecular flexibility index (Phi) is 3.28. The average molecular weight is 324 g/mol. The van der Waals surface area contributed by atoms with Crippen molar-refractivity contribution >= 4 is 0 Å². The zero-order valence-electron chi connectivity index (χ0n) is 13.5. The molecule has 0 N–H and O–H groups in total. The first-order valence-electron chi connectivity index (χ1n) is 8.54. The Morgan fingerprint density at radius 1 is 0.542 bits per heavy atom. The van der Waals surface area contributed by atoms with E-state index in [1.807, 2.05) is 12.1 Å². The lowest BCUT2D eigenvalue weighted by atomic mass is 9.82. The number of hydrogen-bond acceptors (Lipinski definition) is 4. The summed E-state index contributed by atoms with van der Waals surface area (Å²) in [7, 11) is 0. The third kappa shape index (κ3) is 2.07. The largest absolute Gasteiger partial charge is 0.343 e. The van der Waals surface area contributed by atoms with E-state index in [9.17, 15) is 0 Å². The maximum absolute atomic E-state index is 6.15. The molecule has 2 spiro atoms. The van der Waals surface area contributed by atoms with E-state index in [0.717, 1.165) is 22.3 Å². The molecule has 3 aliphatic rings. The molecule has 1 aliphatic carbocycles. The van der Waals surface area contributed by atoms with Gasteiger partial charge in [-0.05, 0) is 11.1 Å². The van der Waals surface area contributed by atoms with Crippen LogP contribution in [0.25, 0.3) is 0 Å². The molecule has 2 aliphatic heterocycles. The van der Waals surface area contributed by atoms with Crippen LogP contribution in [-0.2, 0) is 43.4 Å². The van der Waals surface area contributed by atoms with Crippen molar-refractivity contribution < 1.29 is 18.9 Å². The summed E-state index contributed by atoms with van der Waals surface area (Å²) in [6.07, 6.45) is 1.32. The van der Waals surface area contributed by atoms with Gasteiger partial charge in [0.05, 0.1) is 26.4 Å². The van der Waals surface area contributed by atoms with Crippen LogP contribution >= 0.6 is 0 Å². The SMILES string of the molecule is c1ccc2c(c1)CC1(OCCO1)c1ccccc1CC21OCCO1. The third-order valence-electron chi connectivity index (χ3n) is 5.21. The maximum atomic E-state index is 6.15.